The molecule has 3 aliphatic heterocycles. The minimum atomic E-state index is -1.89. The van der Waals surface area contributed by atoms with Gasteiger partial charge in [-0.1, -0.05) is 67.9 Å². The number of nitrogens with two attached hydrogens (primary N) is 1. The van der Waals surface area contributed by atoms with Gasteiger partial charge in [-0.15, -0.1) is 0 Å². The lowest BCUT2D eigenvalue weighted by Crippen LogP contribution is -2.60. The van der Waals surface area contributed by atoms with Crippen LogP contribution < -0.4 is 32.4 Å². The lowest BCUT2D eigenvalue weighted by molar-refractivity contribution is -0.163. The Kier molecular flexibility index (Phi) is 22.4. The van der Waals surface area contributed by atoms with E-state index in [1.807, 2.05) is 0 Å². The number of carbonyl (C=O) groups excluding carboxylic acids is 12. The second kappa shape index (κ2) is 28.2. The predicted octanol–water partition coefficient (Wildman–Crippen LogP) is 0.0505. The second-order valence-corrected chi connectivity index (χ2v) is 23.8. The van der Waals surface area contributed by atoms with E-state index in [4.69, 9.17) is 24.6 Å². The number of anilines is 1. The van der Waals surface area contributed by atoms with Crippen molar-refractivity contribution in [3.05, 3.63) is 44.6 Å². The maximum absolute atomic E-state index is 15.1. The van der Waals surface area contributed by atoms with E-state index in [2.05, 4.69) is 21.3 Å². The van der Waals surface area contributed by atoms with Crippen molar-refractivity contribution in [1.29, 1.82) is 0 Å². The number of nitrogens with one attached hydrogen (secondary N) is 4. The van der Waals surface area contributed by atoms with Crippen LogP contribution in [-0.2, 0) is 57.4 Å². The van der Waals surface area contributed by atoms with E-state index in [0.29, 0.717) is 12.0 Å². The fraction of sp³-hybridized carbons (Fsp3) is 0.593. The molecular weight excluding hydrogens is 1130 g/mol. The molecule has 1 aromatic carbocycles. The van der Waals surface area contributed by atoms with Gasteiger partial charge in [0, 0.05) is 47.8 Å². The quantitative estimate of drug-likeness (QED) is 0.107. The van der Waals surface area contributed by atoms with E-state index in [0.717, 1.165) is 29.4 Å². The molecule has 3 heterocycles. The van der Waals surface area contributed by atoms with Crippen LogP contribution in [0.2, 0.25) is 0 Å². The number of carbonyl (C=O) groups is 12. The normalized spacial score (nSPS) is 24.1. The molecule has 476 valence electrons. The average molecular weight is 1220 g/mol. The van der Waals surface area contributed by atoms with Crippen LogP contribution in [0, 0.1) is 37.5 Å². The number of amides is 10. The van der Waals surface area contributed by atoms with Crippen molar-refractivity contribution >= 4 is 87.8 Å². The topological polar surface area (TPSA) is 360 Å². The van der Waals surface area contributed by atoms with Crippen LogP contribution in [0.15, 0.2) is 21.3 Å². The van der Waals surface area contributed by atoms with Crippen LogP contribution in [0.4, 0.5) is 5.69 Å². The first-order valence-corrected chi connectivity index (χ1v) is 28.8. The summed E-state index contributed by atoms with van der Waals surface area (Å²) in [5.74, 6) is -12.9. The predicted molar refractivity (Wildman–Crippen MR) is 316 cm³/mol. The Balaban J connectivity index is 1.68. The van der Waals surface area contributed by atoms with Gasteiger partial charge in [0.1, 0.15) is 59.7 Å². The molecule has 6 N–H and O–H groups in total. The number of aromatic nitrogens is 1. The average Bonchev–Trinajstić information content (AvgIpc) is 0.866. The number of benzene rings is 2. The molecule has 28 heteroatoms. The first-order chi connectivity index (χ1) is 40.5. The molecule has 0 radical (unpaired) electrons. The molecule has 4 aliphatic rings. The van der Waals surface area contributed by atoms with Gasteiger partial charge in [-0.2, -0.15) is 0 Å². The third-order valence-electron chi connectivity index (χ3n) is 16.0. The van der Waals surface area contributed by atoms with Crippen LogP contribution in [0.25, 0.3) is 22.6 Å². The maximum Gasteiger partial charge on any atom is 0.329 e. The van der Waals surface area contributed by atoms with Crippen LogP contribution in [-0.4, -0.2) is 222 Å². The molecule has 9 atom stereocenters. The van der Waals surface area contributed by atoms with Crippen LogP contribution in [0.5, 0.6) is 0 Å². The van der Waals surface area contributed by atoms with Gasteiger partial charge in [-0.05, 0) is 63.0 Å². The van der Waals surface area contributed by atoms with Crippen molar-refractivity contribution in [3.8, 4) is 11.5 Å². The zero-order valence-corrected chi connectivity index (χ0v) is 52.9. The fourth-order valence-corrected chi connectivity index (χ4v) is 10.3. The third kappa shape index (κ3) is 15.1. The first-order valence-electron chi connectivity index (χ1n) is 28.8. The number of fused-ring (bicyclic) bond motifs is 2. The Hall–Kier alpha value is -8.72. The van der Waals surface area contributed by atoms with E-state index in [1.54, 1.807) is 62.3 Å². The number of nitrogen functional groups attached to an aromatic ring is 1. The van der Waals surface area contributed by atoms with E-state index >= 15 is 4.79 Å². The highest BCUT2D eigenvalue weighted by atomic mass is 16.6. The second-order valence-electron chi connectivity index (χ2n) is 23.8. The number of nitrogens with zero attached hydrogens (tertiary/aromatic N) is 7. The summed E-state index contributed by atoms with van der Waals surface area (Å²) in [6.45, 7) is 16.9. The van der Waals surface area contributed by atoms with E-state index in [9.17, 15) is 57.5 Å². The number of ether oxygens (including phenoxy) is 2. The van der Waals surface area contributed by atoms with Crippen molar-refractivity contribution in [1.82, 2.24) is 55.7 Å². The van der Waals surface area contributed by atoms with Crippen molar-refractivity contribution in [2.75, 3.05) is 74.2 Å². The Labute approximate surface area is 505 Å². The summed E-state index contributed by atoms with van der Waals surface area (Å²) in [6.07, 6.45) is -2.78. The number of cyclic esters (lactones) is 2. The molecule has 28 nitrogen and oxygen atoms in total. The number of rotatable bonds is 9. The van der Waals surface area contributed by atoms with Crippen molar-refractivity contribution in [2.24, 2.45) is 23.7 Å². The molecule has 0 bridgehead atoms. The summed E-state index contributed by atoms with van der Waals surface area (Å²) in [6, 6.07) is -6.06. The Morgan fingerprint density at radius 1 is 0.621 bits per heavy atom. The van der Waals surface area contributed by atoms with Gasteiger partial charge in [0.05, 0.1) is 43.0 Å². The van der Waals surface area contributed by atoms with Crippen LogP contribution >= 0.6 is 0 Å². The van der Waals surface area contributed by atoms with Gasteiger partial charge in [0.15, 0.2) is 11.3 Å². The van der Waals surface area contributed by atoms with Gasteiger partial charge in [-0.3, -0.25) is 52.7 Å². The molecule has 2 saturated heterocycles. The minimum Gasteiger partial charge on any atom is -0.458 e. The smallest absolute Gasteiger partial charge is 0.329 e. The van der Waals surface area contributed by atoms with E-state index in [-0.39, 0.29) is 28.0 Å². The Morgan fingerprint density at radius 3 is 1.48 bits per heavy atom. The summed E-state index contributed by atoms with van der Waals surface area (Å²) >= 11 is 0. The molecule has 0 spiro atoms. The Morgan fingerprint density at radius 2 is 1.05 bits per heavy atom. The van der Waals surface area contributed by atoms with E-state index in [1.165, 1.54) is 75.2 Å². The van der Waals surface area contributed by atoms with Gasteiger partial charge in [-0.25, -0.2) is 14.6 Å². The van der Waals surface area contributed by atoms with Crippen LogP contribution in [0.3, 0.4) is 0 Å². The summed E-state index contributed by atoms with van der Waals surface area (Å²) in [5, 5.41) is 10.5. The monoisotopic (exact) mass is 1220 g/mol. The molecule has 10 amide bonds. The largest absolute Gasteiger partial charge is 0.458 e. The number of esters is 2. The molecule has 0 aromatic heterocycles. The Bertz CT molecular complexity index is 3250. The van der Waals surface area contributed by atoms with Crippen molar-refractivity contribution in [2.45, 2.75) is 138 Å². The maximum atomic E-state index is 15.1. The van der Waals surface area contributed by atoms with Gasteiger partial charge >= 0.3 is 11.9 Å². The molecule has 2 fully saturated rings. The highest BCUT2D eigenvalue weighted by molar-refractivity contribution is 6.10. The van der Waals surface area contributed by atoms with Gasteiger partial charge in [0.25, 0.3) is 11.8 Å². The minimum absolute atomic E-state index is 0.0865. The first kappa shape index (κ1) is 69.1. The standard InChI is InChI=1S/C59H84N12O16/c1-19-29(8)42-57(82)69(16)23-36(73)67(14)25-38(75)71(18)48(28(6)7)59(84)86-33(12)44(55(80)63-42)65-53(78)39-40(60)49(76)31(10)51-46(39)61-45-34(21-20-30(9)50(45)87-51)52(77)64-43-32(11)85-58(83)47(27(4)5)70(17)37(74)24-66(13)35(72)22-68(15)56(81)41(26(2)3)62-54(43)79/h20-21,26-29,32-33,41-44,47-48H,19,22-25,60H2,1-18H3,(H,62,79)(H,63,80)(H,64,77)(H,65,78). The SMILES string of the molecule is CCC(C)C1NC(=O)C(NC(=O)c2c3nc4c(C(=O)NC5C(=O)NC(C(C)C)C(=O)N(C)CC(=O)N(C)CC(=O)N(C)C(C(C)C)C(=O)OC5C)ccc(C)c4oc-3c(C)c(=O)c2N)C(C)OC(=O)C(C(C)C)N(C)C(=O)CN(C)C(=O)CN(C)C1=O. The molecule has 5 rings (SSSR count). The molecule has 1 aromatic rings. The number of hydrogen-bond donors (Lipinski definition) is 5. The fourth-order valence-electron chi connectivity index (χ4n) is 10.3. The summed E-state index contributed by atoms with van der Waals surface area (Å²) in [7, 11) is 8.11. The number of hydrogen-bond acceptors (Lipinski definition) is 18. The number of aryl methyl sites for hydroxylation is 1. The third-order valence-corrected chi connectivity index (χ3v) is 16.0. The lowest BCUT2D eigenvalue weighted by Gasteiger charge is -2.35. The molecule has 87 heavy (non-hydrogen) atoms. The zero-order valence-electron chi connectivity index (χ0n) is 52.9. The van der Waals surface area contributed by atoms with Crippen molar-refractivity contribution < 1.29 is 71.4 Å². The highest BCUT2D eigenvalue weighted by Gasteiger charge is 2.43. The molecular formula is C59H84N12O16. The molecule has 9 unspecified atom stereocenters. The summed E-state index contributed by atoms with van der Waals surface area (Å²) in [4.78, 5) is 195. The van der Waals surface area contributed by atoms with Gasteiger partial charge in [0.2, 0.25) is 52.7 Å². The zero-order chi connectivity index (χ0) is 65.7. The summed E-state index contributed by atoms with van der Waals surface area (Å²) < 4.78 is 18.2. The molecule has 0 saturated carbocycles. The van der Waals surface area contributed by atoms with Crippen LogP contribution in [0.1, 0.15) is 108 Å². The highest BCUT2D eigenvalue weighted by Crippen LogP contribution is 2.35. The summed E-state index contributed by atoms with van der Waals surface area (Å²) in [5.41, 5.74) is 3.44. The number of likely N-dealkylation sites (N-methyl/N-ethyl adjacent to an activating group) is 6. The van der Waals surface area contributed by atoms with Crippen molar-refractivity contribution in [3.63, 3.8) is 0 Å². The van der Waals surface area contributed by atoms with E-state index < -0.39 is 192 Å². The molecule has 1 aliphatic carbocycles. The van der Waals surface area contributed by atoms with Gasteiger partial charge < -0.3 is 70.3 Å². The lowest BCUT2D eigenvalue weighted by atomic mass is 9.96.